The highest BCUT2D eigenvalue weighted by atomic mass is 16.3. The number of hydrogen-bond acceptors (Lipinski definition) is 2. The molecule has 0 aromatic heterocycles. The number of aliphatic hydroxyl groups is 1. The Labute approximate surface area is 138 Å². The summed E-state index contributed by atoms with van der Waals surface area (Å²) in [6, 6.07) is 10.3. The molecule has 0 bridgehead atoms. The molecule has 0 saturated heterocycles. The smallest absolute Gasteiger partial charge is 0.231 e. The first-order valence-corrected chi connectivity index (χ1v) is 9.16. The van der Waals surface area contributed by atoms with E-state index in [1.807, 2.05) is 18.2 Å². The van der Waals surface area contributed by atoms with Crippen molar-refractivity contribution in [2.24, 2.45) is 5.41 Å². The molecule has 0 unspecified atom stereocenters. The van der Waals surface area contributed by atoms with Gasteiger partial charge in [-0.1, -0.05) is 56.0 Å². The van der Waals surface area contributed by atoms with Gasteiger partial charge in [0.05, 0.1) is 17.6 Å². The van der Waals surface area contributed by atoms with Gasteiger partial charge in [0.25, 0.3) is 0 Å². The Morgan fingerprint density at radius 3 is 2.22 bits per heavy atom. The fraction of sp³-hybridized carbons (Fsp3) is 0.650. The van der Waals surface area contributed by atoms with Crippen LogP contribution in [0.5, 0.6) is 0 Å². The van der Waals surface area contributed by atoms with Crippen molar-refractivity contribution >= 4 is 5.91 Å². The maximum absolute atomic E-state index is 13.4. The monoisotopic (exact) mass is 313 g/mol. The van der Waals surface area contributed by atoms with Crippen molar-refractivity contribution in [3.8, 4) is 0 Å². The summed E-state index contributed by atoms with van der Waals surface area (Å²) in [5.74, 6) is 0.168. The Bertz CT molecular complexity index is 585. The molecule has 0 aliphatic heterocycles. The van der Waals surface area contributed by atoms with Crippen LogP contribution in [-0.2, 0) is 10.2 Å². The molecule has 3 fully saturated rings. The lowest BCUT2D eigenvalue weighted by atomic mass is 9.83. The van der Waals surface area contributed by atoms with E-state index in [1.54, 1.807) is 0 Å². The highest BCUT2D eigenvalue weighted by Gasteiger charge is 2.72. The Morgan fingerprint density at radius 2 is 1.61 bits per heavy atom. The second-order valence-corrected chi connectivity index (χ2v) is 8.04. The quantitative estimate of drug-likeness (QED) is 0.896. The predicted molar refractivity (Wildman–Crippen MR) is 90.1 cm³/mol. The third-order valence-electron chi connectivity index (χ3n) is 6.84. The van der Waals surface area contributed by atoms with Gasteiger partial charge in [0.1, 0.15) is 0 Å². The molecule has 1 atom stereocenters. The van der Waals surface area contributed by atoms with Gasteiger partial charge in [-0.2, -0.15) is 0 Å². The summed E-state index contributed by atoms with van der Waals surface area (Å²) in [4.78, 5) is 13.4. The number of amides is 1. The molecule has 1 spiro atoms. The SMILES string of the molecule is O=C(NC1(CO)CCCC1)[C@]1(c2ccccc2)CC12CCCC2. The molecule has 3 heteroatoms. The minimum absolute atomic E-state index is 0.0661. The number of hydrogen-bond donors (Lipinski definition) is 2. The number of rotatable bonds is 4. The van der Waals surface area contributed by atoms with Crippen molar-refractivity contribution in [2.45, 2.75) is 68.7 Å². The van der Waals surface area contributed by atoms with Gasteiger partial charge in [0, 0.05) is 0 Å². The fourth-order valence-corrected chi connectivity index (χ4v) is 5.42. The van der Waals surface area contributed by atoms with Gasteiger partial charge in [-0.25, -0.2) is 0 Å². The number of aliphatic hydroxyl groups excluding tert-OH is 1. The minimum Gasteiger partial charge on any atom is -0.394 e. The molecular formula is C20H27NO2. The molecule has 4 rings (SSSR count). The normalized spacial score (nSPS) is 30.5. The van der Waals surface area contributed by atoms with E-state index in [1.165, 1.54) is 31.2 Å². The van der Waals surface area contributed by atoms with Crippen LogP contribution in [0.4, 0.5) is 0 Å². The minimum atomic E-state index is -0.374. The summed E-state index contributed by atoms with van der Waals surface area (Å²) in [5.41, 5.74) is 0.621. The van der Waals surface area contributed by atoms with Gasteiger partial charge < -0.3 is 10.4 Å². The number of nitrogens with one attached hydrogen (secondary N) is 1. The third kappa shape index (κ3) is 2.16. The zero-order valence-electron chi connectivity index (χ0n) is 13.8. The summed E-state index contributed by atoms with van der Waals surface area (Å²) >= 11 is 0. The van der Waals surface area contributed by atoms with Gasteiger partial charge in [0.15, 0.2) is 0 Å². The van der Waals surface area contributed by atoms with E-state index in [2.05, 4.69) is 17.4 Å². The molecule has 1 aromatic carbocycles. The zero-order chi connectivity index (χ0) is 16.0. The van der Waals surface area contributed by atoms with Crippen LogP contribution in [0.2, 0.25) is 0 Å². The average Bonchev–Trinajstić information content (AvgIpc) is 2.91. The molecule has 0 radical (unpaired) electrons. The summed E-state index contributed by atoms with van der Waals surface area (Å²) in [6.45, 7) is 0.0661. The lowest BCUT2D eigenvalue weighted by Gasteiger charge is -2.32. The summed E-state index contributed by atoms with van der Waals surface area (Å²) < 4.78 is 0. The van der Waals surface area contributed by atoms with Crippen LogP contribution < -0.4 is 5.32 Å². The van der Waals surface area contributed by atoms with Gasteiger partial charge in [-0.3, -0.25) is 4.79 Å². The molecular weight excluding hydrogens is 286 g/mol. The highest BCUT2D eigenvalue weighted by molar-refractivity contribution is 5.94. The van der Waals surface area contributed by atoms with E-state index in [-0.39, 0.29) is 28.9 Å². The first-order valence-electron chi connectivity index (χ1n) is 9.16. The fourth-order valence-electron chi connectivity index (χ4n) is 5.42. The summed E-state index contributed by atoms with van der Waals surface area (Å²) in [6.07, 6.45) is 9.83. The summed E-state index contributed by atoms with van der Waals surface area (Å²) in [7, 11) is 0. The number of carbonyl (C=O) groups is 1. The Morgan fingerprint density at radius 1 is 1.00 bits per heavy atom. The molecule has 1 amide bonds. The topological polar surface area (TPSA) is 49.3 Å². The number of carbonyl (C=O) groups excluding carboxylic acids is 1. The van der Waals surface area contributed by atoms with Crippen molar-refractivity contribution in [3.05, 3.63) is 35.9 Å². The van der Waals surface area contributed by atoms with Crippen molar-refractivity contribution in [3.63, 3.8) is 0 Å². The standard InChI is InChI=1S/C20H27NO2/c22-15-19(12-6-7-13-19)21-17(23)20(16-8-2-1-3-9-16)14-18(20)10-4-5-11-18/h1-3,8-9,22H,4-7,10-15H2,(H,21,23)/t20-/m1/s1. The molecule has 3 saturated carbocycles. The van der Waals surface area contributed by atoms with Crippen LogP contribution in [-0.4, -0.2) is 23.2 Å². The van der Waals surface area contributed by atoms with E-state index in [0.717, 1.165) is 32.1 Å². The van der Waals surface area contributed by atoms with Crippen LogP contribution in [0.3, 0.4) is 0 Å². The lowest BCUT2D eigenvalue weighted by molar-refractivity contribution is -0.127. The Hall–Kier alpha value is -1.35. The van der Waals surface area contributed by atoms with E-state index >= 15 is 0 Å². The van der Waals surface area contributed by atoms with E-state index < -0.39 is 0 Å². The second-order valence-electron chi connectivity index (χ2n) is 8.04. The molecule has 0 heterocycles. The van der Waals surface area contributed by atoms with E-state index in [4.69, 9.17) is 0 Å². The third-order valence-corrected chi connectivity index (χ3v) is 6.84. The zero-order valence-corrected chi connectivity index (χ0v) is 13.8. The van der Waals surface area contributed by atoms with Crippen molar-refractivity contribution in [1.29, 1.82) is 0 Å². The second kappa shape index (κ2) is 5.34. The van der Waals surface area contributed by atoms with Crippen molar-refractivity contribution in [1.82, 2.24) is 5.32 Å². The molecule has 1 aromatic rings. The van der Waals surface area contributed by atoms with Crippen molar-refractivity contribution < 1.29 is 9.90 Å². The number of benzene rings is 1. The highest BCUT2D eigenvalue weighted by Crippen LogP contribution is 2.72. The molecule has 3 aliphatic rings. The van der Waals surface area contributed by atoms with E-state index in [9.17, 15) is 9.90 Å². The predicted octanol–water partition coefficient (Wildman–Crippen LogP) is 3.31. The van der Waals surface area contributed by atoms with Gasteiger partial charge in [0.2, 0.25) is 5.91 Å². The molecule has 3 nitrogen and oxygen atoms in total. The van der Waals surface area contributed by atoms with E-state index in [0.29, 0.717) is 0 Å². The molecule has 124 valence electrons. The van der Waals surface area contributed by atoms with Crippen molar-refractivity contribution in [2.75, 3.05) is 6.61 Å². The van der Waals surface area contributed by atoms with Crippen LogP contribution in [0.25, 0.3) is 0 Å². The lowest BCUT2D eigenvalue weighted by Crippen LogP contribution is -2.53. The Balaban J connectivity index is 1.66. The first-order chi connectivity index (χ1) is 11.2. The van der Waals surface area contributed by atoms with Gasteiger partial charge in [-0.15, -0.1) is 0 Å². The first kappa shape index (κ1) is 15.2. The van der Waals surface area contributed by atoms with Gasteiger partial charge in [-0.05, 0) is 43.1 Å². The summed E-state index contributed by atoms with van der Waals surface area (Å²) in [5, 5.41) is 13.2. The average molecular weight is 313 g/mol. The van der Waals surface area contributed by atoms with Crippen LogP contribution in [0.15, 0.2) is 30.3 Å². The molecule has 23 heavy (non-hydrogen) atoms. The Kier molecular flexibility index (Phi) is 3.53. The van der Waals surface area contributed by atoms with Crippen LogP contribution in [0, 0.1) is 5.41 Å². The van der Waals surface area contributed by atoms with Crippen LogP contribution >= 0.6 is 0 Å². The molecule has 2 N–H and O–H groups in total. The maximum atomic E-state index is 13.4. The molecule has 3 aliphatic carbocycles. The largest absolute Gasteiger partial charge is 0.394 e. The van der Waals surface area contributed by atoms with Gasteiger partial charge >= 0.3 is 0 Å². The van der Waals surface area contributed by atoms with Crippen LogP contribution in [0.1, 0.15) is 63.4 Å². The maximum Gasteiger partial charge on any atom is 0.231 e.